The maximum Gasteiger partial charge on any atom is 0.341 e. The highest BCUT2D eigenvalue weighted by Crippen LogP contribution is 2.41. The number of ether oxygens (including phenoxy) is 1. The molecule has 120 valence electrons. The van der Waals surface area contributed by atoms with Crippen LogP contribution in [0.1, 0.15) is 45.9 Å². The number of nitrogens with zero attached hydrogens (tertiary/aromatic N) is 1. The molecule has 1 aromatic heterocycles. The molecule has 0 bridgehead atoms. The number of rotatable bonds is 4. The number of carboxylic acid groups (broad SMARTS) is 1. The van der Waals surface area contributed by atoms with Gasteiger partial charge in [0.15, 0.2) is 0 Å². The average Bonchev–Trinajstić information content (AvgIpc) is 3.32. The van der Waals surface area contributed by atoms with Crippen LogP contribution in [0, 0.1) is 13.8 Å². The highest BCUT2D eigenvalue weighted by molar-refractivity contribution is 5.89. The highest BCUT2D eigenvalue weighted by Gasteiger charge is 2.30. The van der Waals surface area contributed by atoms with E-state index in [9.17, 15) is 14.7 Å². The normalized spacial score (nSPS) is 13.9. The van der Waals surface area contributed by atoms with Gasteiger partial charge in [0.05, 0.1) is 12.8 Å². The Morgan fingerprint density at radius 1 is 1.22 bits per heavy atom. The molecule has 1 saturated carbocycles. The summed E-state index contributed by atoms with van der Waals surface area (Å²) in [6.45, 7) is 3.58. The van der Waals surface area contributed by atoms with E-state index in [4.69, 9.17) is 4.74 Å². The fourth-order valence-corrected chi connectivity index (χ4v) is 2.90. The number of aromatic nitrogens is 1. The minimum absolute atomic E-state index is 0.170. The fraction of sp³-hybridized carbons (Fsp3) is 0.333. The molecule has 1 heterocycles. The summed E-state index contributed by atoms with van der Waals surface area (Å²) < 4.78 is 6.80. The second-order valence-electron chi connectivity index (χ2n) is 6.00. The molecule has 1 aliphatic rings. The molecule has 23 heavy (non-hydrogen) atoms. The molecule has 2 aromatic rings. The quantitative estimate of drug-likeness (QED) is 0.942. The summed E-state index contributed by atoms with van der Waals surface area (Å²) in [5.41, 5.74) is 2.33. The number of pyridine rings is 1. The zero-order valence-corrected chi connectivity index (χ0v) is 13.4. The predicted molar refractivity (Wildman–Crippen MR) is 87.0 cm³/mol. The van der Waals surface area contributed by atoms with Crippen LogP contribution in [-0.4, -0.2) is 22.8 Å². The first-order valence-corrected chi connectivity index (χ1v) is 7.59. The van der Waals surface area contributed by atoms with Crippen LogP contribution >= 0.6 is 0 Å². The molecule has 0 spiro atoms. The van der Waals surface area contributed by atoms with Gasteiger partial charge in [-0.15, -0.1) is 0 Å². The van der Waals surface area contributed by atoms with Crippen molar-refractivity contribution < 1.29 is 14.6 Å². The van der Waals surface area contributed by atoms with Crippen LogP contribution in [0.3, 0.4) is 0 Å². The van der Waals surface area contributed by atoms with Gasteiger partial charge in [-0.25, -0.2) is 4.79 Å². The van der Waals surface area contributed by atoms with E-state index in [-0.39, 0.29) is 5.56 Å². The number of hydrogen-bond acceptors (Lipinski definition) is 3. The first-order chi connectivity index (χ1) is 10.9. The van der Waals surface area contributed by atoms with Gasteiger partial charge in [-0.05, 0) is 55.9 Å². The third kappa shape index (κ3) is 2.63. The van der Waals surface area contributed by atoms with Gasteiger partial charge in [0.2, 0.25) is 0 Å². The minimum Gasteiger partial charge on any atom is -0.497 e. The molecule has 1 N–H and O–H groups in total. The SMILES string of the molecule is COc1ccc(C)c(-n2c(C3CC3)cc(C)c(C(=O)O)c2=O)c1. The second kappa shape index (κ2) is 5.57. The van der Waals surface area contributed by atoms with Crippen LogP contribution in [0.25, 0.3) is 5.69 Å². The lowest BCUT2D eigenvalue weighted by molar-refractivity contribution is 0.0693. The van der Waals surface area contributed by atoms with Gasteiger partial charge in [-0.2, -0.15) is 0 Å². The molecule has 0 unspecified atom stereocenters. The van der Waals surface area contributed by atoms with E-state index in [1.807, 2.05) is 25.1 Å². The molecule has 5 nitrogen and oxygen atoms in total. The largest absolute Gasteiger partial charge is 0.497 e. The maximum atomic E-state index is 12.9. The lowest BCUT2D eigenvalue weighted by atomic mass is 10.1. The Balaban J connectivity index is 2.36. The minimum atomic E-state index is -1.19. The van der Waals surface area contributed by atoms with Crippen molar-refractivity contribution in [3.8, 4) is 11.4 Å². The Bertz CT molecular complexity index is 847. The molecule has 3 rings (SSSR count). The standard InChI is InChI=1S/C18H19NO4/c1-10-4-7-13(23-3)9-14(10)19-15(12-5-6-12)8-11(2)16(17(19)20)18(21)22/h4,7-9,12H,5-6H2,1-3H3,(H,21,22). The molecule has 0 atom stereocenters. The van der Waals surface area contributed by atoms with Gasteiger partial charge < -0.3 is 9.84 Å². The van der Waals surface area contributed by atoms with Crippen molar-refractivity contribution in [3.05, 3.63) is 57.0 Å². The van der Waals surface area contributed by atoms with E-state index in [0.29, 0.717) is 22.9 Å². The summed E-state index contributed by atoms with van der Waals surface area (Å²) in [6, 6.07) is 7.32. The summed E-state index contributed by atoms with van der Waals surface area (Å²) in [5, 5.41) is 9.39. The topological polar surface area (TPSA) is 68.5 Å². The van der Waals surface area contributed by atoms with Crippen LogP contribution in [0.5, 0.6) is 5.75 Å². The van der Waals surface area contributed by atoms with Gasteiger partial charge in [0, 0.05) is 11.8 Å². The number of carboxylic acids is 1. The number of aromatic carboxylic acids is 1. The van der Waals surface area contributed by atoms with Crippen LogP contribution in [0.15, 0.2) is 29.1 Å². The van der Waals surface area contributed by atoms with E-state index >= 15 is 0 Å². The van der Waals surface area contributed by atoms with Crippen molar-refractivity contribution in [3.63, 3.8) is 0 Å². The van der Waals surface area contributed by atoms with Gasteiger partial charge in [-0.3, -0.25) is 9.36 Å². The first-order valence-electron chi connectivity index (χ1n) is 7.59. The van der Waals surface area contributed by atoms with E-state index in [1.165, 1.54) is 0 Å². The third-order valence-corrected chi connectivity index (χ3v) is 4.30. The van der Waals surface area contributed by atoms with Crippen molar-refractivity contribution in [1.29, 1.82) is 0 Å². The molecule has 5 heteroatoms. The van der Waals surface area contributed by atoms with E-state index in [2.05, 4.69) is 0 Å². The van der Waals surface area contributed by atoms with Crippen LogP contribution in [0.2, 0.25) is 0 Å². The summed E-state index contributed by atoms with van der Waals surface area (Å²) >= 11 is 0. The molecule has 1 fully saturated rings. The Morgan fingerprint density at radius 3 is 2.48 bits per heavy atom. The van der Waals surface area contributed by atoms with Gasteiger partial charge >= 0.3 is 5.97 Å². The van der Waals surface area contributed by atoms with Crippen molar-refractivity contribution in [1.82, 2.24) is 4.57 Å². The molecule has 1 aliphatic carbocycles. The molecular weight excluding hydrogens is 294 g/mol. The molecule has 0 amide bonds. The summed E-state index contributed by atoms with van der Waals surface area (Å²) in [5.74, 6) is -0.240. The Kier molecular flexibility index (Phi) is 3.72. The molecule has 0 radical (unpaired) electrons. The van der Waals surface area contributed by atoms with E-state index in [1.54, 1.807) is 24.7 Å². The zero-order valence-electron chi connectivity index (χ0n) is 13.4. The van der Waals surface area contributed by atoms with Crippen molar-refractivity contribution >= 4 is 5.97 Å². The molecular formula is C18H19NO4. The van der Waals surface area contributed by atoms with Gasteiger partial charge in [0.1, 0.15) is 11.3 Å². The van der Waals surface area contributed by atoms with Crippen molar-refractivity contribution in [2.75, 3.05) is 7.11 Å². The number of hydrogen-bond donors (Lipinski definition) is 1. The van der Waals surface area contributed by atoms with Gasteiger partial charge in [-0.1, -0.05) is 6.07 Å². The first kappa shape index (κ1) is 15.3. The predicted octanol–water partition coefficient (Wildman–Crippen LogP) is 3.04. The lowest BCUT2D eigenvalue weighted by Crippen LogP contribution is -2.29. The molecule has 1 aromatic carbocycles. The van der Waals surface area contributed by atoms with Crippen LogP contribution in [-0.2, 0) is 0 Å². The van der Waals surface area contributed by atoms with E-state index < -0.39 is 11.5 Å². The average molecular weight is 313 g/mol. The van der Waals surface area contributed by atoms with Gasteiger partial charge in [0.25, 0.3) is 5.56 Å². The Hall–Kier alpha value is -2.56. The molecule has 0 saturated heterocycles. The number of benzene rings is 1. The summed E-state index contributed by atoms with van der Waals surface area (Å²) in [6.07, 6.45) is 2.04. The van der Waals surface area contributed by atoms with Crippen molar-refractivity contribution in [2.45, 2.75) is 32.6 Å². The monoisotopic (exact) mass is 313 g/mol. The number of aryl methyl sites for hydroxylation is 2. The lowest BCUT2D eigenvalue weighted by Gasteiger charge is -2.18. The number of carbonyl (C=O) groups is 1. The summed E-state index contributed by atoms with van der Waals surface area (Å²) in [7, 11) is 1.57. The summed E-state index contributed by atoms with van der Waals surface area (Å²) in [4.78, 5) is 24.4. The fourth-order valence-electron chi connectivity index (χ4n) is 2.90. The third-order valence-electron chi connectivity index (χ3n) is 4.30. The Labute approximate surface area is 134 Å². The van der Waals surface area contributed by atoms with E-state index in [0.717, 1.165) is 24.1 Å². The van der Waals surface area contributed by atoms with Crippen molar-refractivity contribution in [2.24, 2.45) is 0 Å². The second-order valence-corrected chi connectivity index (χ2v) is 6.00. The number of methoxy groups -OCH3 is 1. The smallest absolute Gasteiger partial charge is 0.341 e. The molecule has 0 aliphatic heterocycles. The van der Waals surface area contributed by atoms with Crippen LogP contribution in [0.4, 0.5) is 0 Å². The Morgan fingerprint density at radius 2 is 1.91 bits per heavy atom. The van der Waals surface area contributed by atoms with Crippen LogP contribution < -0.4 is 10.3 Å². The zero-order chi connectivity index (χ0) is 16.7. The highest BCUT2D eigenvalue weighted by atomic mass is 16.5. The maximum absolute atomic E-state index is 12.9.